The summed E-state index contributed by atoms with van der Waals surface area (Å²) in [6, 6.07) is 5.59. The highest BCUT2D eigenvalue weighted by molar-refractivity contribution is 5.94. The van der Waals surface area contributed by atoms with Gasteiger partial charge in [-0.1, -0.05) is 19.9 Å². The standard InChI is InChI=1S/C19H30N2O3/c1-14-5-6-15(11-17(14)24-10-4-8-20)18(23)21-9-7-16(22)12-19(2,3)13-21/h5-6,11,16,22H,4,7-10,12-13,20H2,1-3H3/t16-/m1/s1. The molecular formula is C19H30N2O3. The molecule has 0 bridgehead atoms. The number of aliphatic hydroxyl groups excluding tert-OH is 1. The van der Waals surface area contributed by atoms with E-state index in [2.05, 4.69) is 13.8 Å². The van der Waals surface area contributed by atoms with Crippen molar-refractivity contribution in [3.8, 4) is 5.75 Å². The summed E-state index contributed by atoms with van der Waals surface area (Å²) in [4.78, 5) is 14.8. The molecule has 1 aromatic rings. The molecule has 1 aromatic carbocycles. The van der Waals surface area contributed by atoms with Gasteiger partial charge in [0.1, 0.15) is 5.75 Å². The van der Waals surface area contributed by atoms with Crippen LogP contribution in [0.25, 0.3) is 0 Å². The normalized spacial score (nSPS) is 20.5. The highest BCUT2D eigenvalue weighted by Crippen LogP contribution is 2.29. The zero-order valence-electron chi connectivity index (χ0n) is 15.0. The molecule has 5 nitrogen and oxygen atoms in total. The van der Waals surface area contributed by atoms with Gasteiger partial charge in [0.2, 0.25) is 0 Å². The average molecular weight is 334 g/mol. The van der Waals surface area contributed by atoms with Gasteiger partial charge in [0.05, 0.1) is 12.7 Å². The van der Waals surface area contributed by atoms with E-state index in [-0.39, 0.29) is 17.4 Å². The number of hydrogen-bond donors (Lipinski definition) is 2. The molecular weight excluding hydrogens is 304 g/mol. The van der Waals surface area contributed by atoms with E-state index in [0.29, 0.717) is 38.2 Å². The van der Waals surface area contributed by atoms with Crippen LogP contribution >= 0.6 is 0 Å². The Morgan fingerprint density at radius 3 is 2.92 bits per heavy atom. The Labute approximate surface area is 144 Å². The number of carbonyl (C=O) groups is 1. The fraction of sp³-hybridized carbons (Fsp3) is 0.632. The Bertz CT molecular complexity index is 572. The van der Waals surface area contributed by atoms with Crippen molar-refractivity contribution in [2.75, 3.05) is 26.2 Å². The summed E-state index contributed by atoms with van der Waals surface area (Å²) in [6.45, 7) is 8.54. The van der Waals surface area contributed by atoms with Crippen LogP contribution in [0, 0.1) is 12.3 Å². The number of rotatable bonds is 5. The van der Waals surface area contributed by atoms with E-state index in [4.69, 9.17) is 10.5 Å². The van der Waals surface area contributed by atoms with Gasteiger partial charge in [-0.2, -0.15) is 0 Å². The third-order valence-electron chi connectivity index (χ3n) is 4.47. The minimum Gasteiger partial charge on any atom is -0.493 e. The fourth-order valence-corrected chi connectivity index (χ4v) is 3.22. The molecule has 3 N–H and O–H groups in total. The van der Waals surface area contributed by atoms with Crippen molar-refractivity contribution in [3.63, 3.8) is 0 Å². The molecule has 0 unspecified atom stereocenters. The second-order valence-electron chi connectivity index (χ2n) is 7.51. The number of hydrogen-bond acceptors (Lipinski definition) is 4. The minimum absolute atomic E-state index is 0.000787. The maximum Gasteiger partial charge on any atom is 0.254 e. The van der Waals surface area contributed by atoms with Crippen molar-refractivity contribution < 1.29 is 14.6 Å². The average Bonchev–Trinajstić information content (AvgIpc) is 2.65. The molecule has 1 aliphatic heterocycles. The molecule has 1 atom stereocenters. The molecule has 0 radical (unpaired) electrons. The van der Waals surface area contributed by atoms with Crippen molar-refractivity contribution in [2.45, 2.75) is 46.1 Å². The summed E-state index contributed by atoms with van der Waals surface area (Å²) in [7, 11) is 0. The van der Waals surface area contributed by atoms with E-state index in [1.165, 1.54) is 0 Å². The Morgan fingerprint density at radius 1 is 1.46 bits per heavy atom. The van der Waals surface area contributed by atoms with E-state index in [1.54, 1.807) is 0 Å². The van der Waals surface area contributed by atoms with E-state index in [9.17, 15) is 9.90 Å². The molecule has 1 amide bonds. The van der Waals surface area contributed by atoms with Gasteiger partial charge in [0.25, 0.3) is 5.91 Å². The molecule has 1 aliphatic rings. The molecule has 0 spiro atoms. The molecule has 0 aromatic heterocycles. The maximum atomic E-state index is 12.9. The summed E-state index contributed by atoms with van der Waals surface area (Å²) < 4.78 is 5.75. The van der Waals surface area contributed by atoms with Crippen molar-refractivity contribution in [2.24, 2.45) is 11.1 Å². The number of amides is 1. The number of aliphatic hydroxyl groups is 1. The summed E-state index contributed by atoms with van der Waals surface area (Å²) in [5, 5.41) is 10.0. The van der Waals surface area contributed by atoms with Crippen LogP contribution in [-0.4, -0.2) is 48.3 Å². The second-order valence-corrected chi connectivity index (χ2v) is 7.51. The lowest BCUT2D eigenvalue weighted by Gasteiger charge is -2.30. The van der Waals surface area contributed by atoms with Gasteiger partial charge in [0, 0.05) is 18.7 Å². The molecule has 0 saturated carbocycles. The first-order valence-corrected chi connectivity index (χ1v) is 8.73. The largest absolute Gasteiger partial charge is 0.493 e. The number of nitrogens with zero attached hydrogens (tertiary/aromatic N) is 1. The SMILES string of the molecule is Cc1ccc(C(=O)N2CC[C@@H](O)CC(C)(C)C2)cc1OCCCN. The van der Waals surface area contributed by atoms with Crippen LogP contribution in [0.2, 0.25) is 0 Å². The van der Waals surface area contributed by atoms with Crippen LogP contribution in [0.3, 0.4) is 0 Å². The minimum atomic E-state index is -0.342. The molecule has 134 valence electrons. The zero-order valence-corrected chi connectivity index (χ0v) is 15.0. The quantitative estimate of drug-likeness (QED) is 0.811. The van der Waals surface area contributed by atoms with Crippen molar-refractivity contribution >= 4 is 5.91 Å². The van der Waals surface area contributed by atoms with Crippen LogP contribution in [0.5, 0.6) is 5.75 Å². The van der Waals surface area contributed by atoms with Crippen LogP contribution in [0.15, 0.2) is 18.2 Å². The van der Waals surface area contributed by atoms with Crippen molar-refractivity contribution in [1.29, 1.82) is 0 Å². The van der Waals surface area contributed by atoms with Gasteiger partial charge in [0.15, 0.2) is 0 Å². The van der Waals surface area contributed by atoms with Crippen molar-refractivity contribution in [3.05, 3.63) is 29.3 Å². The monoisotopic (exact) mass is 334 g/mol. The van der Waals surface area contributed by atoms with Gasteiger partial charge in [-0.3, -0.25) is 4.79 Å². The van der Waals surface area contributed by atoms with Gasteiger partial charge in [-0.05, 0) is 55.8 Å². The van der Waals surface area contributed by atoms with E-state index >= 15 is 0 Å². The van der Waals surface area contributed by atoms with Gasteiger partial charge in [-0.15, -0.1) is 0 Å². The summed E-state index contributed by atoms with van der Waals surface area (Å²) in [5.74, 6) is 0.740. The molecule has 1 heterocycles. The predicted octanol–water partition coefficient (Wildman–Crippen LogP) is 2.35. The van der Waals surface area contributed by atoms with Crippen LogP contribution < -0.4 is 10.5 Å². The number of carbonyl (C=O) groups excluding carboxylic acids is 1. The third kappa shape index (κ3) is 4.95. The van der Waals surface area contributed by atoms with Crippen LogP contribution in [-0.2, 0) is 0 Å². The highest BCUT2D eigenvalue weighted by atomic mass is 16.5. The lowest BCUT2D eigenvalue weighted by molar-refractivity contribution is 0.0704. The van der Waals surface area contributed by atoms with Gasteiger partial charge >= 0.3 is 0 Å². The molecule has 2 rings (SSSR count). The first-order valence-electron chi connectivity index (χ1n) is 8.73. The zero-order chi connectivity index (χ0) is 17.7. The van der Waals surface area contributed by atoms with E-state index in [0.717, 1.165) is 24.2 Å². The summed E-state index contributed by atoms with van der Waals surface area (Å²) >= 11 is 0. The number of aryl methyl sites for hydroxylation is 1. The second kappa shape index (κ2) is 7.99. The fourth-order valence-electron chi connectivity index (χ4n) is 3.22. The maximum absolute atomic E-state index is 12.9. The Morgan fingerprint density at radius 2 is 2.21 bits per heavy atom. The Balaban J connectivity index is 2.15. The Kier molecular flexibility index (Phi) is 6.24. The molecule has 5 heteroatoms. The summed E-state index contributed by atoms with van der Waals surface area (Å²) in [5.41, 5.74) is 7.05. The van der Waals surface area contributed by atoms with Crippen LogP contribution in [0.1, 0.15) is 49.0 Å². The molecule has 0 aliphatic carbocycles. The number of benzene rings is 1. The van der Waals surface area contributed by atoms with Crippen molar-refractivity contribution in [1.82, 2.24) is 4.90 Å². The molecule has 1 fully saturated rings. The topological polar surface area (TPSA) is 75.8 Å². The highest BCUT2D eigenvalue weighted by Gasteiger charge is 2.31. The van der Waals surface area contributed by atoms with Gasteiger partial charge < -0.3 is 20.5 Å². The third-order valence-corrected chi connectivity index (χ3v) is 4.47. The lowest BCUT2D eigenvalue weighted by Crippen LogP contribution is -2.37. The first-order chi connectivity index (χ1) is 11.3. The molecule has 24 heavy (non-hydrogen) atoms. The Hall–Kier alpha value is -1.59. The summed E-state index contributed by atoms with van der Waals surface area (Å²) in [6.07, 6.45) is 1.79. The lowest BCUT2D eigenvalue weighted by atomic mass is 9.87. The van der Waals surface area contributed by atoms with E-state index < -0.39 is 0 Å². The predicted molar refractivity (Wildman–Crippen MR) is 95.3 cm³/mol. The number of nitrogens with two attached hydrogens (primary N) is 1. The molecule has 1 saturated heterocycles. The first kappa shape index (κ1) is 18.7. The van der Waals surface area contributed by atoms with E-state index in [1.807, 2.05) is 30.0 Å². The van der Waals surface area contributed by atoms with Gasteiger partial charge in [-0.25, -0.2) is 0 Å². The van der Waals surface area contributed by atoms with Crippen LogP contribution in [0.4, 0.5) is 0 Å². The smallest absolute Gasteiger partial charge is 0.254 e. The number of ether oxygens (including phenoxy) is 1. The number of likely N-dealkylation sites (tertiary alicyclic amines) is 1.